The lowest BCUT2D eigenvalue weighted by Crippen LogP contribution is -2.72. The molecule has 0 rings (SSSR count). The topological polar surface area (TPSA) is 18.5 Å². The van der Waals surface area contributed by atoms with Gasteiger partial charge in [0.05, 0.1) is 7.11 Å². The van der Waals surface area contributed by atoms with E-state index in [1.165, 1.54) is 0 Å². The maximum Gasteiger partial charge on any atom is 0.460 e. The van der Waals surface area contributed by atoms with Crippen molar-refractivity contribution in [2.45, 2.75) is 41.9 Å². The number of hydrogen-bond acceptors (Lipinski definition) is 2. The van der Waals surface area contributed by atoms with E-state index in [9.17, 15) is 65.9 Å². The van der Waals surface area contributed by atoms with Crippen molar-refractivity contribution < 1.29 is 75.6 Å². The fraction of sp³-hybridized carbons (Fsp3) is 1.00. The Hall–Kier alpha value is -1.13. The molecule has 0 heterocycles. The van der Waals surface area contributed by atoms with Gasteiger partial charge < -0.3 is 0 Å². The first-order valence-corrected chi connectivity index (χ1v) is 5.11. The summed E-state index contributed by atoms with van der Waals surface area (Å²) in [7, 11) is -0.0628. The molecule has 0 radical (unpaired) electrons. The molecule has 0 fully saturated rings. The van der Waals surface area contributed by atoms with Crippen LogP contribution in [-0.4, -0.2) is 49.0 Å². The second kappa shape index (κ2) is 5.95. The highest BCUT2D eigenvalue weighted by Crippen LogP contribution is 2.62. The third-order valence-electron chi connectivity index (χ3n) is 2.49. The molecule has 0 aliphatic rings. The summed E-state index contributed by atoms with van der Waals surface area (Å²) >= 11 is 0. The van der Waals surface area contributed by atoms with Crippen molar-refractivity contribution >= 4 is 0 Å². The monoisotopic (exact) mass is 416 g/mol. The fourth-order valence-electron chi connectivity index (χ4n) is 1.11. The molecule has 152 valence electrons. The fourth-order valence-corrected chi connectivity index (χ4v) is 1.11. The molecule has 0 aromatic carbocycles. The Bertz CT molecular complexity index is 478. The molecular formula is C8H3F15O2. The van der Waals surface area contributed by atoms with Crippen LogP contribution in [0.2, 0.25) is 0 Å². The SMILES string of the molecule is COOC(F)(F)C(F)(F)C(F)(F)C(F)(F)C(F)(F)C(F)(F)C(F)(F)F. The first-order valence-electron chi connectivity index (χ1n) is 5.11. The predicted octanol–water partition coefficient (Wildman–Crippen LogP) is 4.90. The maximum absolute atomic E-state index is 12.9. The number of rotatable bonds is 7. The molecule has 0 atom stereocenters. The summed E-state index contributed by atoms with van der Waals surface area (Å²) in [5.74, 6) is -40.5. The summed E-state index contributed by atoms with van der Waals surface area (Å²) < 4.78 is 188. The van der Waals surface area contributed by atoms with Crippen LogP contribution in [0, 0.1) is 0 Å². The molecule has 0 aliphatic heterocycles. The lowest BCUT2D eigenvalue weighted by atomic mass is 9.93. The molecule has 0 saturated carbocycles. The van der Waals surface area contributed by atoms with Gasteiger partial charge in [0.15, 0.2) is 0 Å². The molecule has 0 aromatic heterocycles. The minimum absolute atomic E-state index is 0.0628. The van der Waals surface area contributed by atoms with Gasteiger partial charge in [-0.1, -0.05) is 0 Å². The van der Waals surface area contributed by atoms with E-state index in [1.54, 1.807) is 0 Å². The molecule has 0 spiro atoms. The number of alkyl halides is 15. The molecule has 0 saturated heterocycles. The molecule has 25 heavy (non-hydrogen) atoms. The Morgan fingerprint density at radius 1 is 0.440 bits per heavy atom. The van der Waals surface area contributed by atoms with E-state index in [4.69, 9.17) is 0 Å². The third-order valence-corrected chi connectivity index (χ3v) is 2.49. The van der Waals surface area contributed by atoms with E-state index >= 15 is 0 Å². The molecule has 2 nitrogen and oxygen atoms in total. The normalized spacial score (nSPS) is 16.3. The standard InChI is InChI=1S/C8H3F15O2/c1-24-25-8(22,23)6(17,18)4(13,14)2(9,10)3(11,12)5(15,16)7(19,20)21/h1H3. The minimum Gasteiger partial charge on any atom is -0.234 e. The van der Waals surface area contributed by atoms with E-state index in [0.29, 0.717) is 0 Å². The molecule has 0 bridgehead atoms. The third kappa shape index (κ3) is 3.08. The van der Waals surface area contributed by atoms with Crippen molar-refractivity contribution in [2.75, 3.05) is 7.11 Å². The Morgan fingerprint density at radius 3 is 1.00 bits per heavy atom. The first kappa shape index (κ1) is 23.9. The van der Waals surface area contributed by atoms with Crippen molar-refractivity contribution in [1.82, 2.24) is 0 Å². The van der Waals surface area contributed by atoms with E-state index in [1.807, 2.05) is 0 Å². The van der Waals surface area contributed by atoms with Gasteiger partial charge in [0.2, 0.25) is 0 Å². The average Bonchev–Trinajstić information content (AvgIpc) is 2.35. The van der Waals surface area contributed by atoms with Gasteiger partial charge in [-0.05, 0) is 0 Å². The van der Waals surface area contributed by atoms with Crippen molar-refractivity contribution in [2.24, 2.45) is 0 Å². The van der Waals surface area contributed by atoms with Crippen LogP contribution in [0.1, 0.15) is 0 Å². The summed E-state index contributed by atoms with van der Waals surface area (Å²) in [6, 6.07) is 0. The van der Waals surface area contributed by atoms with Crippen molar-refractivity contribution in [3.05, 3.63) is 0 Å². The van der Waals surface area contributed by atoms with Crippen LogP contribution >= 0.6 is 0 Å². The van der Waals surface area contributed by atoms with Gasteiger partial charge in [-0.2, -0.15) is 70.7 Å². The smallest absolute Gasteiger partial charge is 0.234 e. The van der Waals surface area contributed by atoms with Crippen molar-refractivity contribution in [1.29, 1.82) is 0 Å². The molecule has 0 amide bonds. The van der Waals surface area contributed by atoms with E-state index in [2.05, 4.69) is 9.78 Å². The summed E-state index contributed by atoms with van der Waals surface area (Å²) in [5, 5.41) is 0. The lowest BCUT2D eigenvalue weighted by Gasteiger charge is -2.40. The van der Waals surface area contributed by atoms with Gasteiger partial charge in [0.1, 0.15) is 0 Å². The van der Waals surface area contributed by atoms with Gasteiger partial charge in [-0.3, -0.25) is 0 Å². The van der Waals surface area contributed by atoms with Crippen LogP contribution in [0.15, 0.2) is 0 Å². The van der Waals surface area contributed by atoms with E-state index in [0.717, 1.165) is 0 Å². The quantitative estimate of drug-likeness (QED) is 0.334. The molecule has 17 heteroatoms. The van der Waals surface area contributed by atoms with Crippen LogP contribution in [0.4, 0.5) is 65.9 Å². The van der Waals surface area contributed by atoms with Crippen LogP contribution in [-0.2, 0) is 9.78 Å². The molecule has 0 N–H and O–H groups in total. The largest absolute Gasteiger partial charge is 0.460 e. The van der Waals surface area contributed by atoms with Crippen molar-refractivity contribution in [3.8, 4) is 0 Å². The van der Waals surface area contributed by atoms with Crippen LogP contribution in [0.5, 0.6) is 0 Å². The molecule has 0 aromatic rings. The van der Waals surface area contributed by atoms with E-state index in [-0.39, 0.29) is 7.11 Å². The Balaban J connectivity index is 6.40. The molecule has 0 aliphatic carbocycles. The first-order chi connectivity index (χ1) is 10.6. The summed E-state index contributed by atoms with van der Waals surface area (Å²) in [4.78, 5) is 4.97. The highest BCUT2D eigenvalue weighted by atomic mass is 19.4. The number of halogens is 15. The zero-order valence-electron chi connectivity index (χ0n) is 11.0. The Morgan fingerprint density at radius 2 is 0.720 bits per heavy atom. The van der Waals surface area contributed by atoms with Crippen LogP contribution in [0.3, 0.4) is 0 Å². The maximum atomic E-state index is 12.9. The van der Waals surface area contributed by atoms with Gasteiger partial charge in [0, 0.05) is 0 Å². The second-order valence-electron chi connectivity index (χ2n) is 4.14. The summed E-state index contributed by atoms with van der Waals surface area (Å²) in [6.45, 7) is 0. The number of hydrogen-bond donors (Lipinski definition) is 0. The van der Waals surface area contributed by atoms with Crippen LogP contribution < -0.4 is 0 Å². The zero-order chi connectivity index (χ0) is 20.9. The van der Waals surface area contributed by atoms with Gasteiger partial charge in [0.25, 0.3) is 0 Å². The van der Waals surface area contributed by atoms with Gasteiger partial charge in [-0.15, -0.1) is 0 Å². The van der Waals surface area contributed by atoms with Crippen LogP contribution in [0.25, 0.3) is 0 Å². The van der Waals surface area contributed by atoms with Gasteiger partial charge in [-0.25, -0.2) is 4.89 Å². The Kier molecular flexibility index (Phi) is 5.68. The highest BCUT2D eigenvalue weighted by molar-refractivity contribution is 5.11. The lowest BCUT2D eigenvalue weighted by molar-refractivity contribution is -0.520. The second-order valence-corrected chi connectivity index (χ2v) is 4.14. The Labute approximate surface area is 126 Å². The van der Waals surface area contributed by atoms with E-state index < -0.39 is 41.9 Å². The summed E-state index contributed by atoms with van der Waals surface area (Å²) in [6.07, 6.45) is -14.5. The minimum atomic E-state index is -8.33. The average molecular weight is 416 g/mol. The molecular weight excluding hydrogens is 413 g/mol. The summed E-state index contributed by atoms with van der Waals surface area (Å²) in [5.41, 5.74) is 0. The van der Waals surface area contributed by atoms with Crippen molar-refractivity contribution in [3.63, 3.8) is 0 Å². The predicted molar refractivity (Wildman–Crippen MR) is 43.8 cm³/mol. The molecule has 0 unspecified atom stereocenters. The van der Waals surface area contributed by atoms with Gasteiger partial charge >= 0.3 is 41.9 Å². The highest BCUT2D eigenvalue weighted by Gasteiger charge is 2.94. The zero-order valence-corrected chi connectivity index (χ0v) is 11.0.